The van der Waals surface area contributed by atoms with E-state index < -0.39 is 0 Å². The number of furan rings is 1. The summed E-state index contributed by atoms with van der Waals surface area (Å²) in [6.07, 6.45) is 0. The van der Waals surface area contributed by atoms with E-state index in [1.807, 2.05) is 12.1 Å². The molecule has 0 aliphatic rings. The Morgan fingerprint density at radius 2 is 0.831 bits per heavy atom. The molecule has 10 aromatic carbocycles. The second kappa shape index (κ2) is 14.4. The average Bonchev–Trinajstić information content (AvgIpc) is 3.65. The van der Waals surface area contributed by atoms with Crippen LogP contribution in [0, 0.1) is 6.92 Å². The number of fused-ring (bicyclic) bond motifs is 5. The molecule has 0 saturated carbocycles. The normalized spacial score (nSPS) is 11.5. The Balaban J connectivity index is 0.930. The van der Waals surface area contributed by atoms with Crippen LogP contribution in [0.25, 0.3) is 88.0 Å². The lowest BCUT2D eigenvalue weighted by Crippen LogP contribution is -2.09. The molecule has 0 aliphatic heterocycles. The summed E-state index contributed by atoms with van der Waals surface area (Å²) < 4.78 is 6.30. The second-order valence-electron chi connectivity index (χ2n) is 15.4. The minimum absolute atomic E-state index is 0.921. The zero-order chi connectivity index (χ0) is 39.3. The quantitative estimate of drug-likeness (QED) is 0.151. The fourth-order valence-corrected chi connectivity index (χ4v) is 8.80. The number of para-hydroxylation sites is 1. The van der Waals surface area contributed by atoms with Crippen molar-refractivity contribution in [2.24, 2.45) is 0 Å². The topological polar surface area (TPSA) is 16.4 Å². The first-order chi connectivity index (χ1) is 29.1. The van der Waals surface area contributed by atoms with Gasteiger partial charge in [0.2, 0.25) is 0 Å². The highest BCUT2D eigenvalue weighted by Crippen LogP contribution is 2.40. The molecular weight excluding hydrogens is 715 g/mol. The van der Waals surface area contributed by atoms with Crippen molar-refractivity contribution in [1.29, 1.82) is 0 Å². The van der Waals surface area contributed by atoms with Gasteiger partial charge in [0.1, 0.15) is 11.3 Å². The van der Waals surface area contributed by atoms with Gasteiger partial charge in [-0.15, -0.1) is 0 Å². The van der Waals surface area contributed by atoms with E-state index in [1.165, 1.54) is 65.7 Å². The van der Waals surface area contributed by atoms with Crippen LogP contribution in [-0.2, 0) is 0 Å². The third-order valence-corrected chi connectivity index (χ3v) is 11.9. The van der Waals surface area contributed by atoms with Crippen LogP contribution in [0.3, 0.4) is 0 Å². The van der Waals surface area contributed by atoms with E-state index in [0.29, 0.717) is 0 Å². The number of benzene rings is 10. The average molecular weight is 754 g/mol. The van der Waals surface area contributed by atoms with Crippen molar-refractivity contribution < 1.29 is 4.42 Å². The molecule has 0 radical (unpaired) electrons. The number of aryl methyl sites for hydroxylation is 1. The summed E-state index contributed by atoms with van der Waals surface area (Å²) in [7, 11) is 0. The molecule has 0 amide bonds. The molecule has 278 valence electrons. The van der Waals surface area contributed by atoms with Gasteiger partial charge in [-0.3, -0.25) is 0 Å². The van der Waals surface area contributed by atoms with Crippen molar-refractivity contribution in [2.45, 2.75) is 6.92 Å². The van der Waals surface area contributed by atoms with Crippen LogP contribution in [0.2, 0.25) is 0 Å². The molecule has 2 nitrogen and oxygen atoms in total. The molecule has 2 heteroatoms. The first-order valence-electron chi connectivity index (χ1n) is 20.2. The maximum Gasteiger partial charge on any atom is 0.138 e. The maximum absolute atomic E-state index is 6.30. The van der Waals surface area contributed by atoms with Crippen molar-refractivity contribution in [3.05, 3.63) is 224 Å². The predicted octanol–water partition coefficient (Wildman–Crippen LogP) is 16.3. The van der Waals surface area contributed by atoms with Gasteiger partial charge in [0.05, 0.1) is 0 Å². The van der Waals surface area contributed by atoms with Gasteiger partial charge < -0.3 is 9.32 Å². The zero-order valence-electron chi connectivity index (χ0n) is 32.6. The number of hydrogen-bond acceptors (Lipinski definition) is 2. The van der Waals surface area contributed by atoms with Gasteiger partial charge >= 0.3 is 0 Å². The number of anilines is 3. The first kappa shape index (κ1) is 34.6. The number of nitrogens with zero attached hydrogens (tertiary/aromatic N) is 1. The van der Waals surface area contributed by atoms with Gasteiger partial charge in [0.25, 0.3) is 0 Å². The van der Waals surface area contributed by atoms with E-state index in [9.17, 15) is 0 Å². The van der Waals surface area contributed by atoms with E-state index in [1.54, 1.807) is 0 Å². The summed E-state index contributed by atoms with van der Waals surface area (Å²) in [5, 5.41) is 8.66. The Hall–Kier alpha value is -7.68. The van der Waals surface area contributed by atoms with E-state index >= 15 is 0 Å². The molecule has 0 fully saturated rings. The Kier molecular flexibility index (Phi) is 8.41. The molecule has 0 N–H and O–H groups in total. The highest BCUT2D eigenvalue weighted by molar-refractivity contribution is 6.08. The lowest BCUT2D eigenvalue weighted by Gasteiger charge is -2.26. The van der Waals surface area contributed by atoms with Gasteiger partial charge in [-0.05, 0) is 121 Å². The highest BCUT2D eigenvalue weighted by atomic mass is 16.3. The summed E-state index contributed by atoms with van der Waals surface area (Å²) in [5.74, 6) is 0.928. The molecule has 0 unspecified atom stereocenters. The molecule has 59 heavy (non-hydrogen) atoms. The standard InChI is InChI=1S/C57H39NO/c1-38-51-15-6-7-19-56(51)59-57(38)47-14-8-13-45(36-47)41-22-20-39(21-23-41)40-26-30-48(31-27-40)58(50-34-35-55-46(37-50)25-24-43-11-3-5-17-53(43)55)49-32-28-44(29-33-49)54-18-9-12-42-10-2-4-16-52(42)54/h2-37H,1H3. The van der Waals surface area contributed by atoms with Crippen molar-refractivity contribution >= 4 is 60.3 Å². The molecule has 1 heterocycles. The molecule has 1 aromatic heterocycles. The van der Waals surface area contributed by atoms with E-state index in [4.69, 9.17) is 4.42 Å². The summed E-state index contributed by atoms with van der Waals surface area (Å²) in [4.78, 5) is 2.37. The van der Waals surface area contributed by atoms with Crippen LogP contribution in [0.4, 0.5) is 17.1 Å². The van der Waals surface area contributed by atoms with Crippen molar-refractivity contribution in [3.63, 3.8) is 0 Å². The maximum atomic E-state index is 6.30. The minimum Gasteiger partial charge on any atom is -0.456 e. The molecular formula is C57H39NO. The molecule has 0 bridgehead atoms. The van der Waals surface area contributed by atoms with Crippen LogP contribution in [-0.4, -0.2) is 0 Å². The molecule has 0 atom stereocenters. The Morgan fingerprint density at radius 1 is 0.322 bits per heavy atom. The third-order valence-electron chi connectivity index (χ3n) is 11.9. The van der Waals surface area contributed by atoms with Crippen molar-refractivity contribution in [1.82, 2.24) is 0 Å². The van der Waals surface area contributed by atoms with E-state index in [2.05, 4.69) is 218 Å². The lowest BCUT2D eigenvalue weighted by atomic mass is 9.97. The fraction of sp³-hybridized carbons (Fsp3) is 0.0175. The van der Waals surface area contributed by atoms with Crippen LogP contribution in [0.15, 0.2) is 223 Å². The van der Waals surface area contributed by atoms with Crippen molar-refractivity contribution in [2.75, 3.05) is 4.90 Å². The lowest BCUT2D eigenvalue weighted by molar-refractivity contribution is 0.629. The van der Waals surface area contributed by atoms with E-state index in [-0.39, 0.29) is 0 Å². The highest BCUT2D eigenvalue weighted by Gasteiger charge is 2.16. The second-order valence-corrected chi connectivity index (χ2v) is 15.4. The molecule has 0 spiro atoms. The Morgan fingerprint density at radius 3 is 1.56 bits per heavy atom. The van der Waals surface area contributed by atoms with Gasteiger partial charge in [-0.1, -0.05) is 170 Å². The van der Waals surface area contributed by atoms with Crippen LogP contribution >= 0.6 is 0 Å². The van der Waals surface area contributed by atoms with Crippen LogP contribution in [0.1, 0.15) is 5.56 Å². The Labute approximate surface area is 343 Å². The number of rotatable bonds is 7. The Bertz CT molecular complexity index is 3310. The molecule has 11 aromatic rings. The molecule has 0 saturated heterocycles. The van der Waals surface area contributed by atoms with Gasteiger partial charge in [-0.25, -0.2) is 0 Å². The third kappa shape index (κ3) is 6.23. The van der Waals surface area contributed by atoms with Crippen LogP contribution < -0.4 is 4.90 Å². The van der Waals surface area contributed by atoms with Gasteiger partial charge in [0, 0.05) is 33.6 Å². The summed E-state index contributed by atoms with van der Waals surface area (Å²) in [5.41, 5.74) is 13.6. The largest absolute Gasteiger partial charge is 0.456 e. The molecule has 11 rings (SSSR count). The monoisotopic (exact) mass is 753 g/mol. The van der Waals surface area contributed by atoms with Crippen molar-refractivity contribution in [3.8, 4) is 44.7 Å². The summed E-state index contributed by atoms with van der Waals surface area (Å²) in [6, 6.07) is 78.8. The number of hydrogen-bond donors (Lipinski definition) is 0. The first-order valence-corrected chi connectivity index (χ1v) is 20.2. The smallest absolute Gasteiger partial charge is 0.138 e. The summed E-state index contributed by atoms with van der Waals surface area (Å²) >= 11 is 0. The van der Waals surface area contributed by atoms with Crippen LogP contribution in [0.5, 0.6) is 0 Å². The SMILES string of the molecule is Cc1c(-c2cccc(-c3ccc(-c4ccc(N(c5ccc(-c6cccc7ccccc67)cc5)c5ccc6c(ccc7ccccc76)c5)cc4)cc3)c2)oc2ccccc12. The minimum atomic E-state index is 0.921. The zero-order valence-corrected chi connectivity index (χ0v) is 32.6. The fourth-order valence-electron chi connectivity index (χ4n) is 8.80. The molecule has 0 aliphatic carbocycles. The summed E-state index contributed by atoms with van der Waals surface area (Å²) in [6.45, 7) is 2.14. The predicted molar refractivity (Wildman–Crippen MR) is 250 cm³/mol. The van der Waals surface area contributed by atoms with Gasteiger partial charge in [-0.2, -0.15) is 0 Å². The van der Waals surface area contributed by atoms with E-state index in [0.717, 1.165) is 44.9 Å². The van der Waals surface area contributed by atoms with Gasteiger partial charge in [0.15, 0.2) is 0 Å².